The third-order valence-electron chi connectivity index (χ3n) is 3.54. The number of halogens is 2. The van der Waals surface area contributed by atoms with Crippen LogP contribution >= 0.6 is 23.2 Å². The molecule has 2 N–H and O–H groups in total. The predicted octanol–water partition coefficient (Wildman–Crippen LogP) is 4.78. The molecule has 1 atom stereocenters. The smallest absolute Gasteiger partial charge is 0.0704 e. The molecule has 0 aliphatic heterocycles. The van der Waals surface area contributed by atoms with E-state index in [2.05, 4.69) is 11.1 Å². The van der Waals surface area contributed by atoms with E-state index in [1.807, 2.05) is 36.5 Å². The first-order valence-electron chi connectivity index (χ1n) is 6.68. The van der Waals surface area contributed by atoms with Crippen molar-refractivity contribution < 1.29 is 0 Å². The van der Waals surface area contributed by atoms with E-state index in [9.17, 15) is 0 Å². The summed E-state index contributed by atoms with van der Waals surface area (Å²) in [5.74, 6) is 0. The maximum Gasteiger partial charge on any atom is 0.0704 e. The summed E-state index contributed by atoms with van der Waals surface area (Å²) in [4.78, 5) is 4.37. The molecule has 3 rings (SSSR count). The molecule has 21 heavy (non-hydrogen) atoms. The van der Waals surface area contributed by atoms with Crippen LogP contribution in [0.3, 0.4) is 0 Å². The Morgan fingerprint density at radius 2 is 1.86 bits per heavy atom. The Bertz CT molecular complexity index is 781. The van der Waals surface area contributed by atoms with Crippen molar-refractivity contribution in [2.75, 3.05) is 0 Å². The summed E-state index contributed by atoms with van der Waals surface area (Å²) in [5.41, 5.74) is 9.32. The van der Waals surface area contributed by atoms with Crippen molar-refractivity contribution in [3.8, 4) is 0 Å². The molecule has 1 aromatic heterocycles. The third-order valence-corrected chi connectivity index (χ3v) is 4.12. The van der Waals surface area contributed by atoms with Crippen LogP contribution in [0.5, 0.6) is 0 Å². The molecule has 2 nitrogen and oxygen atoms in total. The van der Waals surface area contributed by atoms with Crippen LogP contribution < -0.4 is 5.73 Å². The van der Waals surface area contributed by atoms with Gasteiger partial charge in [0.25, 0.3) is 0 Å². The summed E-state index contributed by atoms with van der Waals surface area (Å²) in [7, 11) is 0. The molecule has 1 heterocycles. The van der Waals surface area contributed by atoms with Crippen molar-refractivity contribution in [1.29, 1.82) is 0 Å². The maximum absolute atomic E-state index is 6.32. The predicted molar refractivity (Wildman–Crippen MR) is 88.8 cm³/mol. The molecule has 0 saturated heterocycles. The molecule has 1 unspecified atom stereocenters. The second-order valence-electron chi connectivity index (χ2n) is 4.96. The largest absolute Gasteiger partial charge is 0.324 e. The monoisotopic (exact) mass is 316 g/mol. The van der Waals surface area contributed by atoms with Gasteiger partial charge < -0.3 is 5.73 Å². The van der Waals surface area contributed by atoms with Crippen molar-refractivity contribution >= 4 is 34.1 Å². The molecule has 0 radical (unpaired) electrons. The van der Waals surface area contributed by atoms with E-state index in [0.717, 1.165) is 22.0 Å². The number of pyridine rings is 1. The van der Waals surface area contributed by atoms with E-state index in [1.54, 1.807) is 12.1 Å². The lowest BCUT2D eigenvalue weighted by atomic mass is 9.97. The zero-order chi connectivity index (χ0) is 14.8. The first-order chi connectivity index (χ1) is 10.1. The highest BCUT2D eigenvalue weighted by Gasteiger charge is 2.13. The van der Waals surface area contributed by atoms with E-state index >= 15 is 0 Å². The molecule has 0 aliphatic rings. The number of hydrogen-bond donors (Lipinski definition) is 1. The highest BCUT2D eigenvalue weighted by molar-refractivity contribution is 6.33. The summed E-state index contributed by atoms with van der Waals surface area (Å²) in [6, 6.07) is 15.2. The number of fused-ring (bicyclic) bond motifs is 1. The lowest BCUT2D eigenvalue weighted by molar-refractivity contribution is 0.725. The molecule has 0 fully saturated rings. The van der Waals surface area contributed by atoms with Gasteiger partial charge in [0.1, 0.15) is 0 Å². The van der Waals surface area contributed by atoms with Crippen LogP contribution in [0.1, 0.15) is 17.2 Å². The second-order valence-corrected chi connectivity index (χ2v) is 5.81. The summed E-state index contributed by atoms with van der Waals surface area (Å²) >= 11 is 12.3. The minimum atomic E-state index is -0.206. The number of hydrogen-bond acceptors (Lipinski definition) is 2. The van der Waals surface area contributed by atoms with Crippen molar-refractivity contribution in [2.24, 2.45) is 5.73 Å². The van der Waals surface area contributed by atoms with Crippen LogP contribution in [0.25, 0.3) is 10.9 Å². The van der Waals surface area contributed by atoms with E-state index < -0.39 is 0 Å². The van der Waals surface area contributed by atoms with Gasteiger partial charge in [-0.15, -0.1) is 0 Å². The molecule has 106 valence electrons. The van der Waals surface area contributed by atoms with Gasteiger partial charge in [-0.05, 0) is 47.9 Å². The molecular weight excluding hydrogens is 303 g/mol. The van der Waals surface area contributed by atoms with Crippen LogP contribution in [-0.4, -0.2) is 4.98 Å². The minimum absolute atomic E-state index is 0.206. The highest BCUT2D eigenvalue weighted by atomic mass is 35.5. The Hall–Kier alpha value is -1.61. The number of rotatable bonds is 3. The zero-order valence-corrected chi connectivity index (χ0v) is 12.8. The molecule has 4 heteroatoms. The van der Waals surface area contributed by atoms with Crippen molar-refractivity contribution in [3.63, 3.8) is 0 Å². The van der Waals surface area contributed by atoms with Gasteiger partial charge >= 0.3 is 0 Å². The van der Waals surface area contributed by atoms with Gasteiger partial charge in [0.2, 0.25) is 0 Å². The van der Waals surface area contributed by atoms with Crippen LogP contribution in [0, 0.1) is 0 Å². The maximum atomic E-state index is 6.32. The minimum Gasteiger partial charge on any atom is -0.324 e. The van der Waals surface area contributed by atoms with Crippen LogP contribution in [0.15, 0.2) is 54.7 Å². The average molecular weight is 317 g/mol. The fourth-order valence-electron chi connectivity index (χ4n) is 2.48. The molecular formula is C17H14Cl2N2. The summed E-state index contributed by atoms with van der Waals surface area (Å²) in [6.45, 7) is 0. The lowest BCUT2D eigenvalue weighted by Crippen LogP contribution is -2.14. The third kappa shape index (κ3) is 3.03. The Kier molecular flexibility index (Phi) is 4.11. The standard InChI is InChI=1S/C17H14Cl2N2/c18-12-5-6-15(19)14(10-12)16(20)9-11-7-8-21-17-4-2-1-3-13(11)17/h1-8,10,16H,9,20H2. The van der Waals surface area contributed by atoms with E-state index in [0.29, 0.717) is 16.5 Å². The Labute approximate surface area is 133 Å². The topological polar surface area (TPSA) is 38.9 Å². The number of aromatic nitrogens is 1. The van der Waals surface area contributed by atoms with Gasteiger partial charge in [-0.1, -0.05) is 41.4 Å². The molecule has 0 amide bonds. The fourth-order valence-corrected chi connectivity index (χ4v) is 2.92. The van der Waals surface area contributed by atoms with Gasteiger partial charge in [0, 0.05) is 27.7 Å². The first-order valence-corrected chi connectivity index (χ1v) is 7.44. The molecule has 0 saturated carbocycles. The number of benzene rings is 2. The van der Waals surface area contributed by atoms with E-state index in [1.165, 1.54) is 0 Å². The normalized spacial score (nSPS) is 12.5. The van der Waals surface area contributed by atoms with Gasteiger partial charge in [-0.2, -0.15) is 0 Å². The van der Waals surface area contributed by atoms with Crippen molar-refractivity contribution in [3.05, 3.63) is 75.9 Å². The SMILES string of the molecule is NC(Cc1ccnc2ccccc12)c1cc(Cl)ccc1Cl. The fraction of sp³-hybridized carbons (Fsp3) is 0.118. The van der Waals surface area contributed by atoms with Crippen molar-refractivity contribution in [1.82, 2.24) is 4.98 Å². The quantitative estimate of drug-likeness (QED) is 0.755. The van der Waals surface area contributed by atoms with Gasteiger partial charge in [-0.25, -0.2) is 0 Å². The number of nitrogens with two attached hydrogens (primary N) is 1. The van der Waals surface area contributed by atoms with E-state index in [-0.39, 0.29) is 6.04 Å². The molecule has 2 aromatic carbocycles. The van der Waals surface area contributed by atoms with E-state index in [4.69, 9.17) is 28.9 Å². The first kappa shape index (κ1) is 14.3. The van der Waals surface area contributed by atoms with Crippen molar-refractivity contribution in [2.45, 2.75) is 12.5 Å². The van der Waals surface area contributed by atoms with Crippen LogP contribution in [0.4, 0.5) is 0 Å². The second kappa shape index (κ2) is 6.02. The van der Waals surface area contributed by atoms with Gasteiger partial charge in [0.05, 0.1) is 5.52 Å². The Balaban J connectivity index is 1.96. The summed E-state index contributed by atoms with van der Waals surface area (Å²) in [6.07, 6.45) is 2.49. The summed E-state index contributed by atoms with van der Waals surface area (Å²) < 4.78 is 0. The summed E-state index contributed by atoms with van der Waals surface area (Å²) in [5, 5.41) is 2.41. The zero-order valence-electron chi connectivity index (χ0n) is 11.3. The Morgan fingerprint density at radius 1 is 1.05 bits per heavy atom. The number of para-hydroxylation sites is 1. The molecule has 0 spiro atoms. The van der Waals surface area contributed by atoms with Gasteiger partial charge in [-0.3, -0.25) is 4.98 Å². The molecule has 3 aromatic rings. The van der Waals surface area contributed by atoms with Gasteiger partial charge in [0.15, 0.2) is 0 Å². The van der Waals surface area contributed by atoms with Crippen LogP contribution in [0.2, 0.25) is 10.0 Å². The number of nitrogens with zero attached hydrogens (tertiary/aromatic N) is 1. The molecule has 0 bridgehead atoms. The molecule has 0 aliphatic carbocycles. The lowest BCUT2D eigenvalue weighted by Gasteiger charge is -2.15. The highest BCUT2D eigenvalue weighted by Crippen LogP contribution is 2.28. The van der Waals surface area contributed by atoms with Crippen LogP contribution in [-0.2, 0) is 6.42 Å². The average Bonchev–Trinajstić information content (AvgIpc) is 2.50. The Morgan fingerprint density at radius 3 is 2.71 bits per heavy atom.